The summed E-state index contributed by atoms with van der Waals surface area (Å²) in [5.41, 5.74) is 8.12. The molecule has 1 aliphatic heterocycles. The fourth-order valence-electron chi connectivity index (χ4n) is 1.99. The van der Waals surface area contributed by atoms with Gasteiger partial charge in [-0.25, -0.2) is 4.79 Å². The molecule has 1 rings (SSSR count). The van der Waals surface area contributed by atoms with E-state index in [-0.39, 0.29) is 6.09 Å². The van der Waals surface area contributed by atoms with Gasteiger partial charge in [0.25, 0.3) is 0 Å². The first-order valence-corrected chi connectivity index (χ1v) is 7.50. The molecule has 0 N–H and O–H groups in total. The number of ether oxygens (including phenoxy) is 2. The van der Waals surface area contributed by atoms with Gasteiger partial charge in [0.2, 0.25) is 0 Å². The van der Waals surface area contributed by atoms with Gasteiger partial charge in [-0.15, -0.1) is 0 Å². The topological polar surface area (TPSA) is 90.8 Å². The maximum absolute atomic E-state index is 11.8. The summed E-state index contributed by atoms with van der Waals surface area (Å²) in [5.74, 6) is 0. The van der Waals surface area contributed by atoms with Gasteiger partial charge in [-0.3, -0.25) is 4.90 Å². The van der Waals surface area contributed by atoms with Crippen LogP contribution < -0.4 is 0 Å². The first kappa shape index (κ1) is 17.6. The van der Waals surface area contributed by atoms with E-state index in [4.69, 9.17) is 15.0 Å². The molecule has 1 fully saturated rings. The predicted molar refractivity (Wildman–Crippen MR) is 79.1 cm³/mol. The van der Waals surface area contributed by atoms with E-state index in [1.54, 1.807) is 4.90 Å². The Kier molecular flexibility index (Phi) is 9.35. The molecular formula is C13H25N5O3. The van der Waals surface area contributed by atoms with Crippen molar-refractivity contribution in [3.63, 3.8) is 0 Å². The van der Waals surface area contributed by atoms with Crippen molar-refractivity contribution in [1.82, 2.24) is 9.80 Å². The van der Waals surface area contributed by atoms with E-state index in [2.05, 4.69) is 21.8 Å². The van der Waals surface area contributed by atoms with Crippen LogP contribution in [0.1, 0.15) is 19.8 Å². The minimum atomic E-state index is -0.200. The summed E-state index contributed by atoms with van der Waals surface area (Å²) >= 11 is 0. The fourth-order valence-corrected chi connectivity index (χ4v) is 1.99. The zero-order valence-electron chi connectivity index (χ0n) is 12.7. The van der Waals surface area contributed by atoms with Crippen LogP contribution in [0.3, 0.4) is 0 Å². The highest BCUT2D eigenvalue weighted by molar-refractivity contribution is 5.67. The van der Waals surface area contributed by atoms with Crippen LogP contribution in [-0.4, -0.2) is 75.0 Å². The summed E-state index contributed by atoms with van der Waals surface area (Å²) in [7, 11) is 0. The van der Waals surface area contributed by atoms with Gasteiger partial charge in [-0.05, 0) is 12.0 Å². The van der Waals surface area contributed by atoms with Gasteiger partial charge >= 0.3 is 6.09 Å². The molecule has 21 heavy (non-hydrogen) atoms. The Labute approximate surface area is 125 Å². The number of hydrogen-bond donors (Lipinski definition) is 0. The van der Waals surface area contributed by atoms with Gasteiger partial charge in [-0.1, -0.05) is 18.5 Å². The molecule has 0 atom stereocenters. The number of amides is 1. The van der Waals surface area contributed by atoms with Gasteiger partial charge in [0.15, 0.2) is 0 Å². The second-order valence-corrected chi connectivity index (χ2v) is 4.86. The van der Waals surface area contributed by atoms with E-state index in [1.807, 2.05) is 0 Å². The summed E-state index contributed by atoms with van der Waals surface area (Å²) < 4.78 is 10.6. The molecule has 1 aliphatic rings. The lowest BCUT2D eigenvalue weighted by Crippen LogP contribution is -2.49. The molecule has 0 aromatic carbocycles. The van der Waals surface area contributed by atoms with Gasteiger partial charge in [0, 0.05) is 44.2 Å². The van der Waals surface area contributed by atoms with E-state index in [0.717, 1.165) is 32.5 Å². The number of rotatable bonds is 9. The largest absolute Gasteiger partial charge is 0.449 e. The van der Waals surface area contributed by atoms with E-state index < -0.39 is 0 Å². The number of carbonyl (C=O) groups excluding carboxylic acids is 1. The highest BCUT2D eigenvalue weighted by atomic mass is 16.6. The van der Waals surface area contributed by atoms with E-state index in [9.17, 15) is 4.79 Å². The van der Waals surface area contributed by atoms with Crippen LogP contribution in [-0.2, 0) is 9.47 Å². The minimum absolute atomic E-state index is 0.200. The van der Waals surface area contributed by atoms with E-state index in [1.165, 1.54) is 0 Å². The maximum atomic E-state index is 11.8. The summed E-state index contributed by atoms with van der Waals surface area (Å²) in [6, 6.07) is 0. The average molecular weight is 299 g/mol. The molecule has 0 aromatic rings. The third kappa shape index (κ3) is 7.75. The van der Waals surface area contributed by atoms with Gasteiger partial charge in [0.1, 0.15) is 0 Å². The summed E-state index contributed by atoms with van der Waals surface area (Å²) in [4.78, 5) is 18.4. The monoisotopic (exact) mass is 299 g/mol. The number of carbonyl (C=O) groups is 1. The zero-order valence-corrected chi connectivity index (χ0v) is 12.7. The Hall–Kier alpha value is -1.50. The molecule has 1 saturated heterocycles. The molecule has 8 nitrogen and oxygen atoms in total. The molecule has 0 unspecified atom stereocenters. The van der Waals surface area contributed by atoms with Crippen LogP contribution in [0.15, 0.2) is 5.11 Å². The maximum Gasteiger partial charge on any atom is 0.409 e. The first-order chi connectivity index (χ1) is 10.3. The van der Waals surface area contributed by atoms with Gasteiger partial charge < -0.3 is 14.4 Å². The number of piperazine rings is 1. The summed E-state index contributed by atoms with van der Waals surface area (Å²) in [5, 5.41) is 3.40. The summed E-state index contributed by atoms with van der Waals surface area (Å²) in [6.07, 6.45) is 1.74. The van der Waals surface area contributed by atoms with Crippen LogP contribution in [0, 0.1) is 0 Å². The van der Waals surface area contributed by atoms with Crippen LogP contribution in [0.25, 0.3) is 10.4 Å². The average Bonchev–Trinajstić information content (AvgIpc) is 2.51. The van der Waals surface area contributed by atoms with Crippen molar-refractivity contribution in [2.75, 3.05) is 59.1 Å². The molecule has 0 saturated carbocycles. The highest BCUT2D eigenvalue weighted by Crippen LogP contribution is 2.04. The van der Waals surface area contributed by atoms with Gasteiger partial charge in [0.05, 0.1) is 19.8 Å². The molecule has 0 aromatic heterocycles. The van der Waals surface area contributed by atoms with Crippen molar-refractivity contribution in [1.29, 1.82) is 0 Å². The Balaban J connectivity index is 2.06. The molecular weight excluding hydrogens is 274 g/mol. The molecule has 120 valence electrons. The predicted octanol–water partition coefficient (Wildman–Crippen LogP) is 1.87. The van der Waals surface area contributed by atoms with E-state index >= 15 is 0 Å². The zero-order chi connectivity index (χ0) is 15.3. The second-order valence-electron chi connectivity index (χ2n) is 4.86. The molecule has 0 aliphatic carbocycles. The van der Waals surface area contributed by atoms with Crippen molar-refractivity contribution in [3.05, 3.63) is 10.4 Å². The van der Waals surface area contributed by atoms with Crippen molar-refractivity contribution in [2.24, 2.45) is 5.11 Å². The molecule has 0 spiro atoms. The van der Waals surface area contributed by atoms with Crippen molar-refractivity contribution in [2.45, 2.75) is 19.8 Å². The van der Waals surface area contributed by atoms with Crippen molar-refractivity contribution < 1.29 is 14.3 Å². The van der Waals surface area contributed by atoms with Crippen molar-refractivity contribution >= 4 is 6.09 Å². The standard InChI is InChI=1S/C13H25N5O3/c1-2-3-10-21-13(19)18-7-5-17(6-8-18)9-12-20-11-4-15-16-14/h2-12H2,1H3. The van der Waals surface area contributed by atoms with Crippen LogP contribution in [0.2, 0.25) is 0 Å². The molecule has 0 radical (unpaired) electrons. The Morgan fingerprint density at radius 2 is 2.00 bits per heavy atom. The molecule has 1 amide bonds. The number of nitrogens with zero attached hydrogens (tertiary/aromatic N) is 5. The first-order valence-electron chi connectivity index (χ1n) is 7.50. The Bertz CT molecular complexity index is 339. The third-order valence-corrected chi connectivity index (χ3v) is 3.30. The number of azide groups is 1. The lowest BCUT2D eigenvalue weighted by atomic mass is 10.3. The van der Waals surface area contributed by atoms with Crippen molar-refractivity contribution in [3.8, 4) is 0 Å². The Morgan fingerprint density at radius 1 is 1.24 bits per heavy atom. The van der Waals surface area contributed by atoms with Gasteiger partial charge in [-0.2, -0.15) is 0 Å². The lowest BCUT2D eigenvalue weighted by Gasteiger charge is -2.33. The number of unbranched alkanes of at least 4 members (excludes halogenated alkanes) is 1. The Morgan fingerprint density at radius 3 is 2.67 bits per heavy atom. The normalized spacial score (nSPS) is 15.6. The highest BCUT2D eigenvalue weighted by Gasteiger charge is 2.21. The smallest absolute Gasteiger partial charge is 0.409 e. The van der Waals surface area contributed by atoms with Crippen LogP contribution in [0.4, 0.5) is 4.79 Å². The van der Waals surface area contributed by atoms with E-state index in [0.29, 0.717) is 39.5 Å². The van der Waals surface area contributed by atoms with Crippen LogP contribution >= 0.6 is 0 Å². The molecule has 8 heteroatoms. The quantitative estimate of drug-likeness (QED) is 0.281. The molecule has 0 bridgehead atoms. The fraction of sp³-hybridized carbons (Fsp3) is 0.923. The third-order valence-electron chi connectivity index (χ3n) is 3.30. The molecule has 1 heterocycles. The lowest BCUT2D eigenvalue weighted by molar-refractivity contribution is 0.0603. The number of hydrogen-bond acceptors (Lipinski definition) is 5. The second kappa shape index (κ2) is 11.2. The minimum Gasteiger partial charge on any atom is -0.449 e. The van der Waals surface area contributed by atoms with Crippen LogP contribution in [0.5, 0.6) is 0 Å². The summed E-state index contributed by atoms with van der Waals surface area (Å²) in [6.45, 7) is 7.91. The SMILES string of the molecule is CCCCOC(=O)N1CCN(CCOCCN=[N+]=[N-])CC1.